The monoisotopic (exact) mass is 565 g/mol. The SMILES string of the molecule is C[C@@H]1[C@H](CN(C)CCc2ccccn2)O[C@H](c2ccc(CNC(=O)c3ccccc3)cc2)O[C@@H]1c1ccc(CO)cc1. The molecule has 4 aromatic rings. The first kappa shape index (κ1) is 29.6. The Balaban J connectivity index is 1.28. The van der Waals surface area contributed by atoms with Crippen LogP contribution in [0.25, 0.3) is 0 Å². The fourth-order valence-electron chi connectivity index (χ4n) is 5.24. The van der Waals surface area contributed by atoms with E-state index >= 15 is 0 Å². The van der Waals surface area contributed by atoms with Gasteiger partial charge in [0.15, 0.2) is 6.29 Å². The molecule has 2 N–H and O–H groups in total. The Kier molecular flexibility index (Phi) is 10.1. The zero-order valence-electron chi connectivity index (χ0n) is 24.2. The van der Waals surface area contributed by atoms with Gasteiger partial charge in [0.1, 0.15) is 0 Å². The number of carbonyl (C=O) groups is 1. The van der Waals surface area contributed by atoms with E-state index in [1.165, 1.54) is 0 Å². The molecular formula is C35H39N3O4. The zero-order chi connectivity index (χ0) is 29.3. The van der Waals surface area contributed by atoms with Crippen molar-refractivity contribution < 1.29 is 19.4 Å². The highest BCUT2D eigenvalue weighted by Gasteiger charge is 2.38. The predicted molar refractivity (Wildman–Crippen MR) is 162 cm³/mol. The molecule has 5 rings (SSSR count). The summed E-state index contributed by atoms with van der Waals surface area (Å²) < 4.78 is 13.2. The molecule has 0 unspecified atom stereocenters. The molecule has 4 atom stereocenters. The third-order valence-electron chi connectivity index (χ3n) is 7.83. The van der Waals surface area contributed by atoms with Crippen LogP contribution in [0.3, 0.4) is 0 Å². The minimum Gasteiger partial charge on any atom is -0.392 e. The minimum atomic E-state index is -0.536. The van der Waals surface area contributed by atoms with E-state index in [1.54, 1.807) is 12.1 Å². The van der Waals surface area contributed by atoms with Crippen molar-refractivity contribution in [3.63, 3.8) is 0 Å². The van der Waals surface area contributed by atoms with Gasteiger partial charge < -0.3 is 24.8 Å². The summed E-state index contributed by atoms with van der Waals surface area (Å²) in [4.78, 5) is 19.2. The van der Waals surface area contributed by atoms with Crippen LogP contribution in [-0.2, 0) is 29.0 Å². The number of aliphatic hydroxyl groups excluding tert-OH is 1. The first-order valence-corrected chi connectivity index (χ1v) is 14.5. The molecule has 1 aliphatic heterocycles. The number of ether oxygens (including phenoxy) is 2. The average molecular weight is 566 g/mol. The second-order valence-electron chi connectivity index (χ2n) is 10.9. The van der Waals surface area contributed by atoms with Crippen molar-refractivity contribution in [2.45, 2.75) is 45.0 Å². The molecule has 1 amide bonds. The lowest BCUT2D eigenvalue weighted by Gasteiger charge is -2.42. The number of aromatic nitrogens is 1. The molecule has 1 fully saturated rings. The third-order valence-corrected chi connectivity index (χ3v) is 7.83. The number of carbonyl (C=O) groups excluding carboxylic acids is 1. The maximum atomic E-state index is 12.5. The van der Waals surface area contributed by atoms with Crippen molar-refractivity contribution >= 4 is 5.91 Å². The summed E-state index contributed by atoms with van der Waals surface area (Å²) in [5.74, 6) is 0.00340. The summed E-state index contributed by atoms with van der Waals surface area (Å²) in [7, 11) is 2.12. The summed E-state index contributed by atoms with van der Waals surface area (Å²) in [5.41, 5.74) is 5.57. The standard InChI is InChI=1S/C35H39N3O4/c1-25-32(23-38(2)21-19-31-10-6-7-20-36-31)41-35(42-33(25)28-15-13-27(24-39)14-16-28)30-17-11-26(12-18-30)22-37-34(40)29-8-4-3-5-9-29/h3-18,20,25,32-33,35,39H,19,21-24H2,1-2H3,(H,37,40)/t25-,32+,33+,35+/m1/s1. The normalized spacial score (nSPS) is 20.4. The van der Waals surface area contributed by atoms with Gasteiger partial charge in [-0.1, -0.05) is 79.7 Å². The topological polar surface area (TPSA) is 83.9 Å². The van der Waals surface area contributed by atoms with Crippen LogP contribution < -0.4 is 5.32 Å². The van der Waals surface area contributed by atoms with Crippen LogP contribution in [0.15, 0.2) is 103 Å². The second-order valence-corrected chi connectivity index (χ2v) is 10.9. The largest absolute Gasteiger partial charge is 0.392 e. The van der Waals surface area contributed by atoms with Crippen LogP contribution in [0.4, 0.5) is 0 Å². The molecule has 2 heterocycles. The number of pyridine rings is 1. The Morgan fingerprint density at radius 3 is 2.26 bits per heavy atom. The first-order chi connectivity index (χ1) is 20.5. The fourth-order valence-corrected chi connectivity index (χ4v) is 5.24. The van der Waals surface area contributed by atoms with E-state index in [-0.39, 0.29) is 30.6 Å². The number of aliphatic hydroxyl groups is 1. The Morgan fingerprint density at radius 1 is 0.881 bits per heavy atom. The maximum absolute atomic E-state index is 12.5. The molecule has 1 aliphatic rings. The summed E-state index contributed by atoms with van der Waals surface area (Å²) >= 11 is 0. The van der Waals surface area contributed by atoms with E-state index in [1.807, 2.05) is 85.1 Å². The molecule has 3 aromatic carbocycles. The van der Waals surface area contributed by atoms with E-state index in [9.17, 15) is 9.90 Å². The number of benzene rings is 3. The molecule has 0 spiro atoms. The summed E-state index contributed by atoms with van der Waals surface area (Å²) in [5, 5.41) is 12.5. The van der Waals surface area contributed by atoms with E-state index in [0.717, 1.165) is 47.5 Å². The lowest BCUT2D eigenvalue weighted by atomic mass is 9.90. The molecule has 1 aromatic heterocycles. The summed E-state index contributed by atoms with van der Waals surface area (Å²) in [6.45, 7) is 4.24. The first-order valence-electron chi connectivity index (χ1n) is 14.5. The highest BCUT2D eigenvalue weighted by Crippen LogP contribution is 2.41. The van der Waals surface area contributed by atoms with Gasteiger partial charge in [-0.3, -0.25) is 9.78 Å². The van der Waals surface area contributed by atoms with Crippen molar-refractivity contribution in [3.05, 3.63) is 137 Å². The zero-order valence-corrected chi connectivity index (χ0v) is 24.2. The quantitative estimate of drug-likeness (QED) is 0.251. The van der Waals surface area contributed by atoms with E-state index in [0.29, 0.717) is 12.1 Å². The van der Waals surface area contributed by atoms with Crippen molar-refractivity contribution in [1.82, 2.24) is 15.2 Å². The van der Waals surface area contributed by atoms with Gasteiger partial charge in [-0.05, 0) is 48.0 Å². The number of hydrogen-bond acceptors (Lipinski definition) is 6. The smallest absolute Gasteiger partial charge is 0.251 e. The highest BCUT2D eigenvalue weighted by molar-refractivity contribution is 5.94. The van der Waals surface area contributed by atoms with Crippen molar-refractivity contribution in [2.24, 2.45) is 5.92 Å². The van der Waals surface area contributed by atoms with Gasteiger partial charge in [0, 0.05) is 55.0 Å². The van der Waals surface area contributed by atoms with Gasteiger partial charge in [-0.25, -0.2) is 0 Å². The van der Waals surface area contributed by atoms with Crippen LogP contribution in [0, 0.1) is 5.92 Å². The van der Waals surface area contributed by atoms with Crippen LogP contribution in [0.1, 0.15) is 57.6 Å². The van der Waals surface area contributed by atoms with Gasteiger partial charge >= 0.3 is 0 Å². The molecule has 0 saturated carbocycles. The second kappa shape index (κ2) is 14.3. The molecular weight excluding hydrogens is 526 g/mol. The fraction of sp³-hybridized carbons (Fsp3) is 0.314. The molecule has 0 aliphatic carbocycles. The van der Waals surface area contributed by atoms with Gasteiger partial charge in [-0.15, -0.1) is 0 Å². The van der Waals surface area contributed by atoms with Crippen molar-refractivity contribution in [3.8, 4) is 0 Å². The van der Waals surface area contributed by atoms with E-state index in [4.69, 9.17) is 9.47 Å². The van der Waals surface area contributed by atoms with Gasteiger partial charge in [0.05, 0.1) is 18.8 Å². The maximum Gasteiger partial charge on any atom is 0.251 e. The van der Waals surface area contributed by atoms with Crippen LogP contribution in [-0.4, -0.2) is 47.1 Å². The Bertz CT molecular complexity index is 1400. The van der Waals surface area contributed by atoms with Gasteiger partial charge in [0.25, 0.3) is 5.91 Å². The van der Waals surface area contributed by atoms with Crippen LogP contribution in [0.2, 0.25) is 0 Å². The van der Waals surface area contributed by atoms with Gasteiger partial charge in [-0.2, -0.15) is 0 Å². The van der Waals surface area contributed by atoms with E-state index in [2.05, 4.69) is 35.2 Å². The van der Waals surface area contributed by atoms with E-state index < -0.39 is 6.29 Å². The highest BCUT2D eigenvalue weighted by atomic mass is 16.7. The number of nitrogens with one attached hydrogen (secondary N) is 1. The average Bonchev–Trinajstić information content (AvgIpc) is 3.05. The Hall–Kier alpha value is -3.88. The minimum absolute atomic E-state index is 0.00887. The van der Waals surface area contributed by atoms with Crippen LogP contribution in [0.5, 0.6) is 0 Å². The van der Waals surface area contributed by atoms with Crippen molar-refractivity contribution in [2.75, 3.05) is 20.1 Å². The molecule has 1 saturated heterocycles. The van der Waals surface area contributed by atoms with Crippen LogP contribution >= 0.6 is 0 Å². The number of amides is 1. The summed E-state index contributed by atoms with van der Waals surface area (Å²) in [6.07, 6.45) is 1.93. The van der Waals surface area contributed by atoms with Gasteiger partial charge in [0.2, 0.25) is 0 Å². The number of hydrogen-bond donors (Lipinski definition) is 2. The number of rotatable bonds is 11. The number of nitrogens with zero attached hydrogens (tertiary/aromatic N) is 2. The lowest BCUT2D eigenvalue weighted by Crippen LogP contribution is -2.43. The molecule has 218 valence electrons. The Morgan fingerprint density at radius 2 is 1.57 bits per heavy atom. The van der Waals surface area contributed by atoms with Crippen molar-refractivity contribution in [1.29, 1.82) is 0 Å². The lowest BCUT2D eigenvalue weighted by molar-refractivity contribution is -0.275. The molecule has 42 heavy (non-hydrogen) atoms. The molecule has 0 bridgehead atoms. The predicted octanol–water partition coefficient (Wildman–Crippen LogP) is 5.47. The summed E-state index contributed by atoms with van der Waals surface area (Å²) in [6, 6.07) is 31.2. The molecule has 0 radical (unpaired) electrons. The molecule has 7 heteroatoms. The Labute approximate surface area is 248 Å². The molecule has 7 nitrogen and oxygen atoms in total. The third kappa shape index (κ3) is 7.69. The number of likely N-dealkylation sites (N-methyl/N-ethyl adjacent to an activating group) is 1.